The van der Waals surface area contributed by atoms with Gasteiger partial charge in [0.15, 0.2) is 5.78 Å². The van der Waals surface area contributed by atoms with Crippen molar-refractivity contribution in [2.24, 2.45) is 0 Å². The van der Waals surface area contributed by atoms with Crippen molar-refractivity contribution in [3.8, 4) is 0 Å². The minimum Gasteiger partial charge on any atom is -0.389 e. The largest absolute Gasteiger partial charge is 0.389 e. The van der Waals surface area contributed by atoms with Crippen molar-refractivity contribution >= 4 is 11.9 Å². The monoisotopic (exact) mass is 188 g/mol. The number of rotatable bonds is 1. The zero-order valence-corrected chi connectivity index (χ0v) is 8.03. The van der Waals surface area contributed by atoms with Gasteiger partial charge in [-0.15, -0.1) is 0 Å². The molecule has 1 aromatic rings. The average Bonchev–Trinajstić information content (AvgIpc) is 2.16. The maximum absolute atomic E-state index is 11.2. The molecule has 0 radical (unpaired) electrons. The molecule has 72 valence electrons. The fraction of sp³-hybridized carbons (Fsp3) is 0.250. The summed E-state index contributed by atoms with van der Waals surface area (Å²) in [5.41, 5.74) is 2.87. The van der Waals surface area contributed by atoms with Gasteiger partial charge in [-0.3, -0.25) is 4.79 Å². The molecule has 0 fully saturated rings. The summed E-state index contributed by atoms with van der Waals surface area (Å²) in [6, 6.07) is 5.74. The number of carbonyl (C=O) groups excluding carboxylic acids is 1. The van der Waals surface area contributed by atoms with E-state index >= 15 is 0 Å². The second kappa shape index (κ2) is 3.39. The molecule has 0 bridgehead atoms. The molecule has 14 heavy (non-hydrogen) atoms. The minimum atomic E-state index is -0.510. The normalized spacial score (nSPS) is 16.6. The van der Waals surface area contributed by atoms with Gasteiger partial charge in [0.05, 0.1) is 6.10 Å². The fourth-order valence-corrected chi connectivity index (χ4v) is 1.79. The van der Waals surface area contributed by atoms with E-state index in [9.17, 15) is 9.90 Å². The van der Waals surface area contributed by atoms with Crippen molar-refractivity contribution < 1.29 is 9.90 Å². The van der Waals surface area contributed by atoms with E-state index in [0.29, 0.717) is 6.42 Å². The summed E-state index contributed by atoms with van der Waals surface area (Å²) >= 11 is 0. The van der Waals surface area contributed by atoms with E-state index in [0.717, 1.165) is 16.7 Å². The number of ketones is 1. The highest BCUT2D eigenvalue weighted by molar-refractivity contribution is 5.98. The molecule has 0 amide bonds. The minimum absolute atomic E-state index is 0.102. The van der Waals surface area contributed by atoms with Crippen LogP contribution in [-0.2, 0) is 11.2 Å². The maximum atomic E-state index is 11.2. The van der Waals surface area contributed by atoms with Crippen LogP contribution in [0.2, 0.25) is 0 Å². The van der Waals surface area contributed by atoms with Gasteiger partial charge in [-0.1, -0.05) is 24.3 Å². The molecule has 0 saturated heterocycles. The zero-order valence-electron chi connectivity index (χ0n) is 8.03. The first-order valence-corrected chi connectivity index (χ1v) is 4.69. The second-order valence-corrected chi connectivity index (χ2v) is 3.57. The van der Waals surface area contributed by atoms with E-state index < -0.39 is 6.10 Å². The number of fused-ring (bicyclic) bond motifs is 1. The Bertz CT molecular complexity index is 403. The Kier molecular flexibility index (Phi) is 2.22. The van der Waals surface area contributed by atoms with Gasteiger partial charge < -0.3 is 5.11 Å². The van der Waals surface area contributed by atoms with E-state index in [1.54, 1.807) is 13.0 Å². The molecule has 1 unspecified atom stereocenters. The van der Waals surface area contributed by atoms with E-state index in [1.807, 2.05) is 24.3 Å². The predicted octanol–water partition coefficient (Wildman–Crippen LogP) is 1.88. The average molecular weight is 188 g/mol. The Hall–Kier alpha value is -1.41. The van der Waals surface area contributed by atoms with Crippen LogP contribution in [0.25, 0.3) is 6.08 Å². The molecule has 1 N–H and O–H groups in total. The van der Waals surface area contributed by atoms with Crippen LogP contribution in [-0.4, -0.2) is 10.9 Å². The molecule has 0 saturated carbocycles. The van der Waals surface area contributed by atoms with Crippen LogP contribution in [0.5, 0.6) is 0 Å². The van der Waals surface area contributed by atoms with E-state index in [-0.39, 0.29) is 5.78 Å². The van der Waals surface area contributed by atoms with Crippen molar-refractivity contribution in [1.82, 2.24) is 0 Å². The summed E-state index contributed by atoms with van der Waals surface area (Å²) in [6.45, 7) is 1.72. The Morgan fingerprint density at radius 2 is 2.14 bits per heavy atom. The van der Waals surface area contributed by atoms with E-state index in [1.165, 1.54) is 0 Å². The predicted molar refractivity (Wildman–Crippen MR) is 54.8 cm³/mol. The highest BCUT2D eigenvalue weighted by atomic mass is 16.3. The summed E-state index contributed by atoms with van der Waals surface area (Å²) < 4.78 is 0. The quantitative estimate of drug-likeness (QED) is 0.730. The van der Waals surface area contributed by atoms with Gasteiger partial charge in [0.1, 0.15) is 0 Å². The van der Waals surface area contributed by atoms with Gasteiger partial charge in [0.2, 0.25) is 0 Å². The van der Waals surface area contributed by atoms with E-state index in [2.05, 4.69) is 0 Å². The standard InChI is InChI=1S/C12H12O2/c1-8(13)11-4-2-3-9-5-6-10(14)7-12(9)11/h2-6,8,13H,7H2,1H3. The molecular formula is C12H12O2. The van der Waals surface area contributed by atoms with E-state index in [4.69, 9.17) is 0 Å². The molecule has 1 aliphatic carbocycles. The third-order valence-electron chi connectivity index (χ3n) is 2.50. The van der Waals surface area contributed by atoms with Crippen molar-refractivity contribution in [2.75, 3.05) is 0 Å². The van der Waals surface area contributed by atoms with Gasteiger partial charge >= 0.3 is 0 Å². The summed E-state index contributed by atoms with van der Waals surface area (Å²) in [5, 5.41) is 9.53. The lowest BCUT2D eigenvalue weighted by Gasteiger charge is -2.16. The molecular weight excluding hydrogens is 176 g/mol. The Morgan fingerprint density at radius 1 is 1.36 bits per heavy atom. The smallest absolute Gasteiger partial charge is 0.160 e. The SMILES string of the molecule is CC(O)c1cccc2c1CC(=O)C=C2. The van der Waals surface area contributed by atoms with Crippen molar-refractivity contribution in [1.29, 1.82) is 0 Å². The molecule has 0 aromatic heterocycles. The maximum Gasteiger partial charge on any atom is 0.160 e. The fourth-order valence-electron chi connectivity index (χ4n) is 1.79. The molecule has 0 aliphatic heterocycles. The third-order valence-corrected chi connectivity index (χ3v) is 2.50. The van der Waals surface area contributed by atoms with Gasteiger partial charge in [-0.25, -0.2) is 0 Å². The van der Waals surface area contributed by atoms with Crippen molar-refractivity contribution in [3.05, 3.63) is 41.0 Å². The van der Waals surface area contributed by atoms with Crippen LogP contribution in [0, 0.1) is 0 Å². The Labute approximate surface area is 82.9 Å². The summed E-state index contributed by atoms with van der Waals surface area (Å²) in [6.07, 6.45) is 3.30. The lowest BCUT2D eigenvalue weighted by atomic mass is 9.90. The van der Waals surface area contributed by atoms with Gasteiger partial charge in [0, 0.05) is 6.42 Å². The number of hydrogen-bond donors (Lipinski definition) is 1. The number of aliphatic hydroxyl groups is 1. The lowest BCUT2D eigenvalue weighted by molar-refractivity contribution is -0.114. The van der Waals surface area contributed by atoms with Crippen LogP contribution in [0.3, 0.4) is 0 Å². The molecule has 1 aromatic carbocycles. The van der Waals surface area contributed by atoms with Crippen LogP contribution < -0.4 is 0 Å². The molecule has 0 spiro atoms. The van der Waals surface area contributed by atoms with Crippen LogP contribution in [0.4, 0.5) is 0 Å². The molecule has 2 rings (SSSR count). The summed E-state index contributed by atoms with van der Waals surface area (Å²) in [4.78, 5) is 11.2. The summed E-state index contributed by atoms with van der Waals surface area (Å²) in [5.74, 6) is 0.102. The summed E-state index contributed by atoms with van der Waals surface area (Å²) in [7, 11) is 0. The van der Waals surface area contributed by atoms with Gasteiger partial charge in [-0.2, -0.15) is 0 Å². The molecule has 2 nitrogen and oxygen atoms in total. The molecule has 0 heterocycles. The van der Waals surface area contributed by atoms with Crippen molar-refractivity contribution in [3.63, 3.8) is 0 Å². The first-order valence-electron chi connectivity index (χ1n) is 4.69. The topological polar surface area (TPSA) is 37.3 Å². The van der Waals surface area contributed by atoms with Crippen LogP contribution >= 0.6 is 0 Å². The second-order valence-electron chi connectivity index (χ2n) is 3.57. The highest BCUT2D eigenvalue weighted by Gasteiger charge is 2.15. The van der Waals surface area contributed by atoms with Crippen molar-refractivity contribution in [2.45, 2.75) is 19.4 Å². The van der Waals surface area contributed by atoms with Gasteiger partial charge in [0.25, 0.3) is 0 Å². The Morgan fingerprint density at radius 3 is 2.86 bits per heavy atom. The molecule has 1 atom stereocenters. The number of aliphatic hydroxyl groups excluding tert-OH is 1. The number of hydrogen-bond acceptors (Lipinski definition) is 2. The number of allylic oxidation sites excluding steroid dienone is 1. The highest BCUT2D eigenvalue weighted by Crippen LogP contribution is 2.25. The van der Waals surface area contributed by atoms with Gasteiger partial charge in [-0.05, 0) is 29.7 Å². The number of benzene rings is 1. The number of carbonyl (C=O) groups is 1. The van der Waals surface area contributed by atoms with Crippen LogP contribution in [0.15, 0.2) is 24.3 Å². The Balaban J connectivity index is 2.56. The zero-order chi connectivity index (χ0) is 10.1. The third kappa shape index (κ3) is 1.49. The molecule has 2 heteroatoms. The molecule has 1 aliphatic rings. The lowest BCUT2D eigenvalue weighted by Crippen LogP contribution is -2.09. The first kappa shape index (κ1) is 9.16. The van der Waals surface area contributed by atoms with Crippen LogP contribution in [0.1, 0.15) is 29.7 Å². The first-order chi connectivity index (χ1) is 6.68.